The summed E-state index contributed by atoms with van der Waals surface area (Å²) in [5.74, 6) is 1.69. The Hall–Kier alpha value is -4.82. The molecule has 0 aromatic heterocycles. The van der Waals surface area contributed by atoms with Gasteiger partial charge in [0.1, 0.15) is 11.5 Å². The highest BCUT2D eigenvalue weighted by atomic mass is 16.5. The van der Waals surface area contributed by atoms with Crippen LogP contribution in [0.4, 0.5) is 0 Å². The molecule has 0 saturated carbocycles. The van der Waals surface area contributed by atoms with Gasteiger partial charge >= 0.3 is 0 Å². The fraction of sp³-hybridized carbons (Fsp3) is 0.0556. The molecule has 6 rings (SSSR count). The molecular formula is C36H28O2. The first-order chi connectivity index (χ1) is 18.8. The van der Waals surface area contributed by atoms with Crippen LogP contribution in [0.2, 0.25) is 0 Å². The molecule has 0 atom stereocenters. The standard InChI is InChI=1S/C36H28O2/c1-37-29-21-17-27(18-22-29)33-31-15-9-10-16-32(31)34(28-19-23-30(38-2)24-20-28)36(26-13-7-4-8-14-26)35(33)25-11-5-3-6-12-25/h3-24H,1-2H3. The minimum atomic E-state index is 0.845. The fourth-order valence-electron chi connectivity index (χ4n) is 5.34. The van der Waals surface area contributed by atoms with Gasteiger partial charge in [-0.05, 0) is 79.5 Å². The maximum Gasteiger partial charge on any atom is 0.118 e. The van der Waals surface area contributed by atoms with Crippen LogP contribution in [0.1, 0.15) is 0 Å². The summed E-state index contributed by atoms with van der Waals surface area (Å²) < 4.78 is 11.0. The third kappa shape index (κ3) is 4.21. The molecule has 38 heavy (non-hydrogen) atoms. The van der Waals surface area contributed by atoms with E-state index in [2.05, 4.69) is 109 Å². The molecule has 0 radical (unpaired) electrons. The van der Waals surface area contributed by atoms with Crippen molar-refractivity contribution in [3.05, 3.63) is 133 Å². The molecule has 2 heteroatoms. The molecule has 0 amide bonds. The summed E-state index contributed by atoms with van der Waals surface area (Å²) in [6, 6.07) is 47.0. The molecule has 0 aliphatic heterocycles. The second-order valence-electron chi connectivity index (χ2n) is 9.23. The van der Waals surface area contributed by atoms with E-state index in [1.165, 1.54) is 44.2 Å². The van der Waals surface area contributed by atoms with E-state index in [0.717, 1.165) is 22.6 Å². The van der Waals surface area contributed by atoms with Gasteiger partial charge in [-0.15, -0.1) is 0 Å². The molecule has 2 nitrogen and oxygen atoms in total. The molecule has 6 aromatic carbocycles. The van der Waals surface area contributed by atoms with Crippen LogP contribution < -0.4 is 9.47 Å². The maximum absolute atomic E-state index is 5.49. The van der Waals surface area contributed by atoms with Crippen LogP contribution in [0.15, 0.2) is 133 Å². The number of fused-ring (bicyclic) bond motifs is 1. The quantitative estimate of drug-likeness (QED) is 0.230. The normalized spacial score (nSPS) is 10.9. The van der Waals surface area contributed by atoms with Crippen LogP contribution in [-0.2, 0) is 0 Å². The third-order valence-electron chi connectivity index (χ3n) is 7.10. The van der Waals surface area contributed by atoms with E-state index in [0.29, 0.717) is 0 Å². The van der Waals surface area contributed by atoms with Crippen molar-refractivity contribution in [3.63, 3.8) is 0 Å². The molecule has 0 heterocycles. The first kappa shape index (κ1) is 23.6. The van der Waals surface area contributed by atoms with E-state index in [-0.39, 0.29) is 0 Å². The average molecular weight is 493 g/mol. The molecule has 0 spiro atoms. The lowest BCUT2D eigenvalue weighted by molar-refractivity contribution is 0.415. The molecule has 6 aromatic rings. The van der Waals surface area contributed by atoms with Gasteiger partial charge in [0.2, 0.25) is 0 Å². The van der Waals surface area contributed by atoms with Gasteiger partial charge in [-0.1, -0.05) is 109 Å². The van der Waals surface area contributed by atoms with Gasteiger partial charge in [-0.3, -0.25) is 0 Å². The second kappa shape index (κ2) is 10.3. The Kier molecular flexibility index (Phi) is 6.37. The van der Waals surface area contributed by atoms with Gasteiger partial charge in [-0.25, -0.2) is 0 Å². The van der Waals surface area contributed by atoms with Crippen molar-refractivity contribution in [2.45, 2.75) is 0 Å². The molecule has 0 aliphatic rings. The van der Waals surface area contributed by atoms with Gasteiger partial charge in [0, 0.05) is 0 Å². The van der Waals surface area contributed by atoms with E-state index in [9.17, 15) is 0 Å². The van der Waals surface area contributed by atoms with Crippen LogP contribution in [0.3, 0.4) is 0 Å². The Balaban J connectivity index is 1.83. The van der Waals surface area contributed by atoms with Gasteiger partial charge in [0.05, 0.1) is 14.2 Å². The van der Waals surface area contributed by atoms with E-state index in [1.54, 1.807) is 14.2 Å². The zero-order chi connectivity index (χ0) is 25.9. The zero-order valence-corrected chi connectivity index (χ0v) is 21.5. The topological polar surface area (TPSA) is 18.5 Å². The molecule has 0 fully saturated rings. The first-order valence-electron chi connectivity index (χ1n) is 12.8. The highest BCUT2D eigenvalue weighted by Gasteiger charge is 2.23. The number of hydrogen-bond donors (Lipinski definition) is 0. The summed E-state index contributed by atoms with van der Waals surface area (Å²) >= 11 is 0. The third-order valence-corrected chi connectivity index (χ3v) is 7.10. The number of rotatable bonds is 6. The van der Waals surface area contributed by atoms with E-state index >= 15 is 0 Å². The van der Waals surface area contributed by atoms with Crippen molar-refractivity contribution < 1.29 is 9.47 Å². The Morgan fingerprint density at radius 1 is 0.316 bits per heavy atom. The first-order valence-corrected chi connectivity index (χ1v) is 12.8. The van der Waals surface area contributed by atoms with Crippen LogP contribution in [0.25, 0.3) is 55.3 Å². The minimum absolute atomic E-state index is 0.845. The lowest BCUT2D eigenvalue weighted by Gasteiger charge is -2.24. The fourth-order valence-corrected chi connectivity index (χ4v) is 5.34. The van der Waals surface area contributed by atoms with Crippen LogP contribution >= 0.6 is 0 Å². The predicted octanol–water partition coefficient (Wildman–Crippen LogP) is 9.52. The zero-order valence-electron chi connectivity index (χ0n) is 21.5. The number of benzene rings is 6. The van der Waals surface area contributed by atoms with Crippen molar-refractivity contribution in [1.29, 1.82) is 0 Å². The van der Waals surface area contributed by atoms with Crippen molar-refractivity contribution in [3.8, 4) is 56.0 Å². The summed E-state index contributed by atoms with van der Waals surface area (Å²) in [7, 11) is 3.41. The summed E-state index contributed by atoms with van der Waals surface area (Å²) in [6.07, 6.45) is 0. The van der Waals surface area contributed by atoms with Crippen LogP contribution in [-0.4, -0.2) is 14.2 Å². The Bertz CT molecular complexity index is 1560. The Morgan fingerprint density at radius 3 is 0.974 bits per heavy atom. The Labute approximate surface area is 223 Å². The van der Waals surface area contributed by atoms with Gasteiger partial charge in [-0.2, -0.15) is 0 Å². The van der Waals surface area contributed by atoms with Crippen molar-refractivity contribution in [2.24, 2.45) is 0 Å². The van der Waals surface area contributed by atoms with E-state index < -0.39 is 0 Å². The van der Waals surface area contributed by atoms with E-state index in [4.69, 9.17) is 9.47 Å². The monoisotopic (exact) mass is 492 g/mol. The highest BCUT2D eigenvalue weighted by Crippen LogP contribution is 2.50. The van der Waals surface area contributed by atoms with Crippen LogP contribution in [0, 0.1) is 0 Å². The number of hydrogen-bond acceptors (Lipinski definition) is 2. The van der Waals surface area contributed by atoms with Gasteiger partial charge in [0.15, 0.2) is 0 Å². The summed E-state index contributed by atoms with van der Waals surface area (Å²) in [5, 5.41) is 2.42. The van der Waals surface area contributed by atoms with E-state index in [1.807, 2.05) is 24.3 Å². The highest BCUT2D eigenvalue weighted by molar-refractivity contribution is 6.18. The lowest BCUT2D eigenvalue weighted by Crippen LogP contribution is -1.97. The largest absolute Gasteiger partial charge is 0.497 e. The van der Waals surface area contributed by atoms with Gasteiger partial charge < -0.3 is 9.47 Å². The number of methoxy groups -OCH3 is 2. The van der Waals surface area contributed by atoms with Crippen molar-refractivity contribution in [2.75, 3.05) is 14.2 Å². The smallest absolute Gasteiger partial charge is 0.118 e. The predicted molar refractivity (Wildman–Crippen MR) is 159 cm³/mol. The molecule has 0 N–H and O–H groups in total. The summed E-state index contributed by atoms with van der Waals surface area (Å²) in [6.45, 7) is 0. The molecular weight excluding hydrogens is 464 g/mol. The molecule has 184 valence electrons. The SMILES string of the molecule is COc1ccc(-c2c(-c3ccccc3)c(-c3ccccc3)c(-c3ccc(OC)cc3)c3ccccc23)cc1. The van der Waals surface area contributed by atoms with Crippen LogP contribution in [0.5, 0.6) is 11.5 Å². The molecule has 0 bridgehead atoms. The Morgan fingerprint density at radius 2 is 0.632 bits per heavy atom. The lowest BCUT2D eigenvalue weighted by atomic mass is 9.79. The molecule has 0 unspecified atom stereocenters. The molecule has 0 aliphatic carbocycles. The minimum Gasteiger partial charge on any atom is -0.497 e. The average Bonchev–Trinajstić information content (AvgIpc) is 3.01. The summed E-state index contributed by atoms with van der Waals surface area (Å²) in [4.78, 5) is 0. The summed E-state index contributed by atoms with van der Waals surface area (Å²) in [5.41, 5.74) is 9.52. The number of ether oxygens (including phenoxy) is 2. The van der Waals surface area contributed by atoms with Crippen molar-refractivity contribution >= 4 is 10.8 Å². The maximum atomic E-state index is 5.49. The van der Waals surface area contributed by atoms with Crippen molar-refractivity contribution in [1.82, 2.24) is 0 Å². The molecule has 0 saturated heterocycles. The second-order valence-corrected chi connectivity index (χ2v) is 9.23. The van der Waals surface area contributed by atoms with Gasteiger partial charge in [0.25, 0.3) is 0 Å².